The lowest BCUT2D eigenvalue weighted by Gasteiger charge is -2.23. The second-order valence-electron chi connectivity index (χ2n) is 5.20. The van der Waals surface area contributed by atoms with Gasteiger partial charge in [0.15, 0.2) is 23.5 Å². The normalized spacial score (nSPS) is 13.6. The molecule has 1 aromatic heterocycles. The van der Waals surface area contributed by atoms with E-state index >= 15 is 0 Å². The Hall–Kier alpha value is -1.86. The van der Waals surface area contributed by atoms with Crippen molar-refractivity contribution in [2.75, 3.05) is 11.9 Å². The number of carbonyl (C=O) groups excluding carboxylic acids is 1. The lowest BCUT2D eigenvalue weighted by Crippen LogP contribution is -3.15. The quantitative estimate of drug-likeness (QED) is 0.777. The second-order valence-corrected chi connectivity index (χ2v) is 6.23. The zero-order chi connectivity index (χ0) is 17.0. The first-order valence-electron chi connectivity index (χ1n) is 7.25. The third kappa shape index (κ3) is 4.11. The van der Waals surface area contributed by atoms with Crippen LogP contribution in [0.15, 0.2) is 29.6 Å². The van der Waals surface area contributed by atoms with Crippen LogP contribution >= 0.6 is 11.3 Å². The van der Waals surface area contributed by atoms with Crippen molar-refractivity contribution in [3.63, 3.8) is 0 Å². The highest BCUT2D eigenvalue weighted by Gasteiger charge is 2.26. The van der Waals surface area contributed by atoms with Gasteiger partial charge in [-0.25, -0.2) is 13.2 Å². The third-order valence-corrected chi connectivity index (χ3v) is 4.61. The van der Waals surface area contributed by atoms with Gasteiger partial charge in [-0.1, -0.05) is 6.07 Å². The number of amides is 1. The molecule has 0 aliphatic heterocycles. The van der Waals surface area contributed by atoms with E-state index in [1.54, 1.807) is 18.3 Å². The SMILES string of the molecule is CC[NH+](Cc1cccs1)[C@@H](C)C(=O)Nc1ccc(F)c(F)c1F. The van der Waals surface area contributed by atoms with Crippen LogP contribution in [0.25, 0.3) is 0 Å². The fraction of sp³-hybridized carbons (Fsp3) is 0.312. The zero-order valence-corrected chi connectivity index (χ0v) is 13.6. The van der Waals surface area contributed by atoms with E-state index in [1.165, 1.54) is 0 Å². The van der Waals surface area contributed by atoms with Crippen LogP contribution in [0, 0.1) is 17.5 Å². The van der Waals surface area contributed by atoms with Crippen molar-refractivity contribution in [1.82, 2.24) is 0 Å². The van der Waals surface area contributed by atoms with Crippen LogP contribution in [-0.2, 0) is 11.3 Å². The molecule has 1 unspecified atom stereocenters. The molecule has 0 saturated heterocycles. The Morgan fingerprint density at radius 1 is 1.26 bits per heavy atom. The lowest BCUT2D eigenvalue weighted by atomic mass is 10.2. The number of thiophene rings is 1. The van der Waals surface area contributed by atoms with Gasteiger partial charge in [0, 0.05) is 0 Å². The van der Waals surface area contributed by atoms with Crippen molar-refractivity contribution >= 4 is 22.9 Å². The van der Waals surface area contributed by atoms with E-state index in [4.69, 9.17) is 0 Å². The van der Waals surface area contributed by atoms with Gasteiger partial charge >= 0.3 is 0 Å². The van der Waals surface area contributed by atoms with E-state index in [1.807, 2.05) is 24.4 Å². The van der Waals surface area contributed by atoms with E-state index in [9.17, 15) is 18.0 Å². The Kier molecular flexibility index (Phi) is 5.79. The van der Waals surface area contributed by atoms with E-state index in [0.717, 1.165) is 21.9 Å². The fourth-order valence-corrected chi connectivity index (χ4v) is 3.03. The Bertz CT molecular complexity index is 676. The Balaban J connectivity index is 2.08. The summed E-state index contributed by atoms with van der Waals surface area (Å²) in [6.07, 6.45) is 0. The number of hydrogen-bond donors (Lipinski definition) is 2. The minimum Gasteiger partial charge on any atom is -0.321 e. The van der Waals surface area contributed by atoms with E-state index in [2.05, 4.69) is 5.32 Å². The van der Waals surface area contributed by atoms with Gasteiger partial charge in [0.1, 0.15) is 6.54 Å². The average molecular weight is 343 g/mol. The summed E-state index contributed by atoms with van der Waals surface area (Å²) in [4.78, 5) is 14.4. The van der Waals surface area contributed by atoms with Crippen LogP contribution in [0.2, 0.25) is 0 Å². The standard InChI is InChI=1S/C16H17F3N2OS/c1-3-21(9-11-5-4-8-23-11)10(2)16(22)20-13-7-6-12(17)14(18)15(13)19/h4-8,10H,3,9H2,1-2H3,(H,20,22)/p+1/t10-/m0/s1. The Labute approximate surface area is 136 Å². The molecule has 2 N–H and O–H groups in total. The van der Waals surface area contributed by atoms with E-state index in [-0.39, 0.29) is 5.69 Å². The molecule has 2 aromatic rings. The fourth-order valence-electron chi connectivity index (χ4n) is 2.27. The minimum atomic E-state index is -1.59. The molecular weight excluding hydrogens is 325 g/mol. The third-order valence-electron chi connectivity index (χ3n) is 3.73. The van der Waals surface area contributed by atoms with Gasteiger partial charge in [-0.2, -0.15) is 0 Å². The molecule has 0 spiro atoms. The number of nitrogens with one attached hydrogen (secondary N) is 2. The molecule has 124 valence electrons. The predicted molar refractivity (Wildman–Crippen MR) is 83.9 cm³/mol. The number of anilines is 1. The van der Waals surface area contributed by atoms with Crippen LogP contribution in [0.5, 0.6) is 0 Å². The monoisotopic (exact) mass is 343 g/mol. The Morgan fingerprint density at radius 2 is 2.00 bits per heavy atom. The first-order valence-corrected chi connectivity index (χ1v) is 8.13. The summed E-state index contributed by atoms with van der Waals surface area (Å²) < 4.78 is 39.8. The van der Waals surface area contributed by atoms with E-state index in [0.29, 0.717) is 13.1 Å². The van der Waals surface area contributed by atoms with Gasteiger partial charge in [0.05, 0.1) is 17.1 Å². The summed E-state index contributed by atoms with van der Waals surface area (Å²) in [5, 5.41) is 4.30. The van der Waals surface area contributed by atoms with Crippen LogP contribution in [0.4, 0.5) is 18.9 Å². The summed E-state index contributed by atoms with van der Waals surface area (Å²) in [6.45, 7) is 5.04. The van der Waals surface area contributed by atoms with Crippen LogP contribution < -0.4 is 10.2 Å². The van der Waals surface area contributed by atoms with Gasteiger partial charge in [-0.15, -0.1) is 11.3 Å². The molecule has 1 heterocycles. The maximum atomic E-state index is 13.6. The summed E-state index contributed by atoms with van der Waals surface area (Å²) in [6, 6.07) is 5.27. The zero-order valence-electron chi connectivity index (χ0n) is 12.8. The number of quaternary nitrogens is 1. The number of likely N-dealkylation sites (N-methyl/N-ethyl adjacent to an activating group) is 1. The molecule has 23 heavy (non-hydrogen) atoms. The van der Waals surface area contributed by atoms with Crippen molar-refractivity contribution in [3.05, 3.63) is 52.0 Å². The summed E-state index contributed by atoms with van der Waals surface area (Å²) in [7, 11) is 0. The molecule has 3 nitrogen and oxygen atoms in total. The Morgan fingerprint density at radius 3 is 2.61 bits per heavy atom. The second kappa shape index (κ2) is 7.61. The molecule has 0 fully saturated rings. The van der Waals surface area contributed by atoms with Crippen LogP contribution in [0.1, 0.15) is 18.7 Å². The largest absolute Gasteiger partial charge is 0.321 e. The number of benzene rings is 1. The van der Waals surface area contributed by atoms with Crippen molar-refractivity contribution in [1.29, 1.82) is 0 Å². The number of halogens is 3. The van der Waals surface area contributed by atoms with Crippen LogP contribution in [-0.4, -0.2) is 18.5 Å². The van der Waals surface area contributed by atoms with Crippen molar-refractivity contribution in [3.8, 4) is 0 Å². The maximum Gasteiger partial charge on any atom is 0.282 e. The highest BCUT2D eigenvalue weighted by atomic mass is 32.1. The molecule has 2 atom stereocenters. The first kappa shape index (κ1) is 17.5. The molecule has 2 rings (SSSR count). The van der Waals surface area contributed by atoms with Crippen LogP contribution in [0.3, 0.4) is 0 Å². The molecule has 7 heteroatoms. The minimum absolute atomic E-state index is 0.354. The van der Waals surface area contributed by atoms with Gasteiger partial charge in [0.2, 0.25) is 0 Å². The predicted octanol–water partition coefficient (Wildman–Crippen LogP) is 2.60. The maximum absolute atomic E-state index is 13.6. The van der Waals surface area contributed by atoms with Crippen molar-refractivity contribution in [2.24, 2.45) is 0 Å². The topological polar surface area (TPSA) is 33.5 Å². The molecule has 0 aliphatic rings. The highest BCUT2D eigenvalue weighted by molar-refractivity contribution is 7.09. The molecule has 0 bridgehead atoms. The van der Waals surface area contributed by atoms with Gasteiger partial charge in [-0.3, -0.25) is 4.79 Å². The van der Waals surface area contributed by atoms with E-state index < -0.39 is 29.4 Å². The smallest absolute Gasteiger partial charge is 0.282 e. The first-order chi connectivity index (χ1) is 10.9. The average Bonchev–Trinajstić information content (AvgIpc) is 3.05. The number of rotatable bonds is 6. The highest BCUT2D eigenvalue weighted by Crippen LogP contribution is 2.19. The number of hydrogen-bond acceptors (Lipinski definition) is 2. The van der Waals surface area contributed by atoms with Gasteiger partial charge in [-0.05, 0) is 37.4 Å². The van der Waals surface area contributed by atoms with Crippen molar-refractivity contribution in [2.45, 2.75) is 26.4 Å². The molecule has 0 aliphatic carbocycles. The lowest BCUT2D eigenvalue weighted by molar-refractivity contribution is -0.925. The molecule has 0 saturated carbocycles. The molecular formula is C16H18F3N2OS+. The molecule has 1 aromatic carbocycles. The van der Waals surface area contributed by atoms with Crippen molar-refractivity contribution < 1.29 is 22.9 Å². The summed E-state index contributed by atoms with van der Waals surface area (Å²) in [5.74, 6) is -4.70. The molecule has 0 radical (unpaired) electrons. The summed E-state index contributed by atoms with van der Waals surface area (Å²) >= 11 is 1.60. The number of carbonyl (C=O) groups is 1. The summed E-state index contributed by atoms with van der Waals surface area (Å²) in [5.41, 5.74) is -0.354. The van der Waals surface area contributed by atoms with Gasteiger partial charge in [0.25, 0.3) is 5.91 Å². The molecule has 1 amide bonds. The van der Waals surface area contributed by atoms with Gasteiger partial charge < -0.3 is 10.2 Å².